The molecule has 1 amide bonds. The Bertz CT molecular complexity index is 315. The molecule has 0 aliphatic carbocycles. The van der Waals surface area contributed by atoms with Gasteiger partial charge in [0.05, 0.1) is 6.61 Å². The van der Waals surface area contributed by atoms with Crippen LogP contribution in [0.2, 0.25) is 0 Å². The van der Waals surface area contributed by atoms with Crippen LogP contribution in [0.1, 0.15) is 25.7 Å². The van der Waals surface area contributed by atoms with Crippen LogP contribution in [0, 0.1) is 5.92 Å². The maximum atomic E-state index is 11.1. The molecule has 0 heterocycles. The fourth-order valence-corrected chi connectivity index (χ4v) is 1.99. The first-order chi connectivity index (χ1) is 9.45. The van der Waals surface area contributed by atoms with Crippen molar-refractivity contribution in [2.45, 2.75) is 25.7 Å². The largest absolute Gasteiger partial charge is 0.471 e. The van der Waals surface area contributed by atoms with E-state index < -0.39 is 7.82 Å². The minimum atomic E-state index is -3.99. The molecule has 5 N–H and O–H groups in total. The number of hydrogen-bond acceptors (Lipinski definition) is 6. The monoisotopic (exact) mass is 312 g/mol. The first-order valence-electron chi connectivity index (χ1n) is 6.56. The molecule has 0 fully saturated rings. The molecule has 0 aromatic carbocycles. The van der Waals surface area contributed by atoms with Crippen molar-refractivity contribution >= 4 is 13.7 Å². The van der Waals surface area contributed by atoms with Gasteiger partial charge in [-0.15, -0.1) is 0 Å². The number of aliphatic hydroxyl groups is 1. The highest BCUT2D eigenvalue weighted by molar-refractivity contribution is 7.47. The van der Waals surface area contributed by atoms with Gasteiger partial charge in [-0.2, -0.15) is 0 Å². The van der Waals surface area contributed by atoms with Gasteiger partial charge in [0.2, 0.25) is 5.91 Å². The van der Waals surface area contributed by atoms with Gasteiger partial charge in [-0.1, -0.05) is 6.42 Å². The van der Waals surface area contributed by atoms with E-state index >= 15 is 0 Å². The molecule has 0 aliphatic rings. The number of phosphoric ester groups is 1. The van der Waals surface area contributed by atoms with Gasteiger partial charge in [0.1, 0.15) is 0 Å². The third kappa shape index (κ3) is 10.3. The molecule has 2 atom stereocenters. The zero-order valence-electron chi connectivity index (χ0n) is 11.8. The Morgan fingerprint density at radius 2 is 2.15 bits per heavy atom. The van der Waals surface area contributed by atoms with Gasteiger partial charge >= 0.3 is 7.82 Å². The number of carbonyl (C=O) groups excluding carboxylic acids is 1. The highest BCUT2D eigenvalue weighted by Crippen LogP contribution is 2.42. The second-order valence-electron chi connectivity index (χ2n) is 4.38. The van der Waals surface area contributed by atoms with Gasteiger partial charge in [0, 0.05) is 39.1 Å². The molecule has 0 radical (unpaired) electrons. The smallest absolute Gasteiger partial charge is 0.396 e. The van der Waals surface area contributed by atoms with Crippen LogP contribution in [0.4, 0.5) is 0 Å². The van der Waals surface area contributed by atoms with Crippen molar-refractivity contribution in [3.63, 3.8) is 0 Å². The van der Waals surface area contributed by atoms with Crippen molar-refractivity contribution in [1.82, 2.24) is 5.32 Å². The molecule has 0 aromatic heterocycles. The highest BCUT2D eigenvalue weighted by atomic mass is 31.2. The fourth-order valence-electron chi connectivity index (χ4n) is 1.48. The maximum absolute atomic E-state index is 11.1. The summed E-state index contributed by atoms with van der Waals surface area (Å²) in [5.74, 6) is -0.304. The molecule has 0 saturated carbocycles. The van der Waals surface area contributed by atoms with Gasteiger partial charge in [0.25, 0.3) is 0 Å². The van der Waals surface area contributed by atoms with Crippen LogP contribution in [0.3, 0.4) is 0 Å². The van der Waals surface area contributed by atoms with E-state index in [-0.39, 0.29) is 25.0 Å². The SMILES string of the molecule is COP(=O)(O)OCC(CO)CCCCNC(=O)CCN. The first-order valence-corrected chi connectivity index (χ1v) is 8.05. The molecule has 0 rings (SSSR count). The number of rotatable bonds is 12. The number of amides is 1. The van der Waals surface area contributed by atoms with Gasteiger partial charge < -0.3 is 21.1 Å². The summed E-state index contributed by atoms with van der Waals surface area (Å²) in [6.45, 7) is 0.700. The Balaban J connectivity index is 3.70. The molecule has 120 valence electrons. The average Bonchev–Trinajstić information content (AvgIpc) is 2.42. The fraction of sp³-hybridized carbons (Fsp3) is 0.909. The Labute approximate surface area is 119 Å². The van der Waals surface area contributed by atoms with E-state index in [1.807, 2.05) is 0 Å². The van der Waals surface area contributed by atoms with Gasteiger partial charge in [-0.3, -0.25) is 13.8 Å². The summed E-state index contributed by atoms with van der Waals surface area (Å²) >= 11 is 0. The Hall–Kier alpha value is -0.500. The Morgan fingerprint density at radius 1 is 1.45 bits per heavy atom. The van der Waals surface area contributed by atoms with Crippen LogP contribution in [-0.4, -0.2) is 49.3 Å². The molecular weight excluding hydrogens is 287 g/mol. The minimum Gasteiger partial charge on any atom is -0.396 e. The lowest BCUT2D eigenvalue weighted by Crippen LogP contribution is -2.26. The first kappa shape index (κ1) is 19.5. The van der Waals surface area contributed by atoms with Crippen LogP contribution >= 0.6 is 7.82 Å². The number of aliphatic hydroxyl groups excluding tert-OH is 1. The number of unbranched alkanes of at least 4 members (excludes halogenated alkanes) is 1. The lowest BCUT2D eigenvalue weighted by Gasteiger charge is -2.16. The molecule has 8 nitrogen and oxygen atoms in total. The van der Waals surface area contributed by atoms with E-state index in [0.29, 0.717) is 25.9 Å². The molecule has 0 aromatic rings. The van der Waals surface area contributed by atoms with E-state index in [4.69, 9.17) is 20.3 Å². The third-order valence-corrected chi connectivity index (χ3v) is 3.63. The van der Waals surface area contributed by atoms with Crippen LogP contribution in [0.25, 0.3) is 0 Å². The van der Waals surface area contributed by atoms with E-state index in [1.165, 1.54) is 0 Å². The normalized spacial score (nSPS) is 15.6. The predicted molar refractivity (Wildman–Crippen MR) is 73.9 cm³/mol. The summed E-state index contributed by atoms with van der Waals surface area (Å²) in [4.78, 5) is 20.2. The van der Waals surface area contributed by atoms with E-state index in [9.17, 15) is 9.36 Å². The molecule has 9 heteroatoms. The summed E-state index contributed by atoms with van der Waals surface area (Å²) in [7, 11) is -2.90. The lowest BCUT2D eigenvalue weighted by atomic mass is 10.0. The average molecular weight is 312 g/mol. The summed E-state index contributed by atoms with van der Waals surface area (Å²) in [6, 6.07) is 0. The number of phosphoric acid groups is 1. The minimum absolute atomic E-state index is 0.0440. The van der Waals surface area contributed by atoms with Gasteiger partial charge in [-0.25, -0.2) is 4.57 Å². The lowest BCUT2D eigenvalue weighted by molar-refractivity contribution is -0.120. The van der Waals surface area contributed by atoms with Crippen LogP contribution in [0.15, 0.2) is 0 Å². The zero-order valence-corrected chi connectivity index (χ0v) is 12.7. The van der Waals surface area contributed by atoms with E-state index in [2.05, 4.69) is 9.84 Å². The van der Waals surface area contributed by atoms with E-state index in [1.54, 1.807) is 0 Å². The van der Waals surface area contributed by atoms with E-state index in [0.717, 1.165) is 20.0 Å². The number of nitrogens with one attached hydrogen (secondary N) is 1. The second kappa shape index (κ2) is 11.2. The topological polar surface area (TPSA) is 131 Å². The van der Waals surface area contributed by atoms with Gasteiger partial charge in [0.15, 0.2) is 0 Å². The summed E-state index contributed by atoms with van der Waals surface area (Å²) in [5, 5.41) is 11.9. The van der Waals surface area contributed by atoms with Crippen LogP contribution < -0.4 is 11.1 Å². The maximum Gasteiger partial charge on any atom is 0.471 e. The quantitative estimate of drug-likeness (QED) is 0.294. The number of hydrogen-bond donors (Lipinski definition) is 4. The van der Waals surface area contributed by atoms with Crippen molar-refractivity contribution < 1.29 is 28.4 Å². The van der Waals surface area contributed by atoms with Crippen molar-refractivity contribution in [3.05, 3.63) is 0 Å². The molecule has 2 unspecified atom stereocenters. The van der Waals surface area contributed by atoms with Crippen LogP contribution in [0.5, 0.6) is 0 Å². The number of nitrogens with two attached hydrogens (primary N) is 1. The molecule has 20 heavy (non-hydrogen) atoms. The van der Waals surface area contributed by atoms with Crippen molar-refractivity contribution in [3.8, 4) is 0 Å². The molecule has 0 saturated heterocycles. The van der Waals surface area contributed by atoms with Gasteiger partial charge in [-0.05, 0) is 12.8 Å². The summed E-state index contributed by atoms with van der Waals surface area (Å²) in [6.07, 6.45) is 2.47. The molecule has 0 bridgehead atoms. The Morgan fingerprint density at radius 3 is 2.70 bits per heavy atom. The molecular formula is C11H25N2O6P. The predicted octanol–water partition coefficient (Wildman–Crippen LogP) is -0.00640. The van der Waals surface area contributed by atoms with Crippen LogP contribution in [-0.2, 0) is 18.4 Å². The second-order valence-corrected chi connectivity index (χ2v) is 5.94. The molecule has 0 aliphatic heterocycles. The third-order valence-electron chi connectivity index (χ3n) is 2.70. The summed E-state index contributed by atoms with van der Waals surface area (Å²) < 4.78 is 20.1. The summed E-state index contributed by atoms with van der Waals surface area (Å²) in [5.41, 5.74) is 5.24. The molecule has 0 spiro atoms. The van der Waals surface area contributed by atoms with Crippen molar-refractivity contribution in [1.29, 1.82) is 0 Å². The standard InChI is InChI=1S/C11H25N2O6P/c1-18-20(16,17)19-9-10(8-14)4-2-3-7-13-11(15)5-6-12/h10,14H,2-9,12H2,1H3,(H,13,15)(H,16,17). The Kier molecular flexibility index (Phi) is 10.9. The number of carbonyl (C=O) groups is 1. The van der Waals surface area contributed by atoms with Crippen molar-refractivity contribution in [2.24, 2.45) is 11.7 Å². The zero-order chi connectivity index (χ0) is 15.4. The van der Waals surface area contributed by atoms with Crippen molar-refractivity contribution in [2.75, 3.05) is 33.4 Å². The highest BCUT2D eigenvalue weighted by Gasteiger charge is 2.20.